The Hall–Kier alpha value is -0.930. The van der Waals surface area contributed by atoms with E-state index in [-0.39, 0.29) is 6.54 Å². The molecule has 12 heavy (non-hydrogen) atoms. The Balaban J connectivity index is 2.33. The van der Waals surface area contributed by atoms with Crippen LogP contribution < -0.4 is 0 Å². The van der Waals surface area contributed by atoms with Gasteiger partial charge in [0, 0.05) is 13.1 Å². The average Bonchev–Trinajstić information content (AvgIpc) is 2.50. The molecule has 68 valence electrons. The standard InChI is InChI=1S/C8H15N3O/c1-2-3-5-11-6-4-9-8(11)7-10-12/h2-7H2,1H3. The molecular weight excluding hydrogens is 154 g/mol. The molecule has 0 aromatic rings. The second-order valence-corrected chi connectivity index (χ2v) is 2.93. The van der Waals surface area contributed by atoms with E-state index in [0.29, 0.717) is 0 Å². The normalized spacial score (nSPS) is 16.4. The molecule has 0 fully saturated rings. The van der Waals surface area contributed by atoms with Crippen LogP contribution in [0.4, 0.5) is 0 Å². The zero-order chi connectivity index (χ0) is 8.81. The molecule has 1 aliphatic rings. The van der Waals surface area contributed by atoms with Gasteiger partial charge in [0.25, 0.3) is 0 Å². The highest BCUT2D eigenvalue weighted by molar-refractivity contribution is 5.85. The summed E-state index contributed by atoms with van der Waals surface area (Å²) in [5, 5.41) is 2.85. The van der Waals surface area contributed by atoms with E-state index in [1.807, 2.05) is 0 Å². The molecule has 4 heteroatoms. The number of nitrogens with zero attached hydrogens (tertiary/aromatic N) is 3. The van der Waals surface area contributed by atoms with Crippen molar-refractivity contribution < 1.29 is 0 Å². The molecule has 0 saturated heterocycles. The van der Waals surface area contributed by atoms with E-state index in [2.05, 4.69) is 22.0 Å². The molecule has 0 atom stereocenters. The van der Waals surface area contributed by atoms with E-state index >= 15 is 0 Å². The Kier molecular flexibility index (Phi) is 3.70. The third kappa shape index (κ3) is 2.29. The number of amidine groups is 1. The minimum atomic E-state index is 0.240. The number of rotatable bonds is 5. The first-order chi connectivity index (χ1) is 5.88. The third-order valence-corrected chi connectivity index (χ3v) is 2.02. The lowest BCUT2D eigenvalue weighted by atomic mass is 10.3. The molecule has 0 spiro atoms. The smallest absolute Gasteiger partial charge is 0.138 e. The van der Waals surface area contributed by atoms with E-state index in [1.165, 1.54) is 6.42 Å². The van der Waals surface area contributed by atoms with Gasteiger partial charge in [0.2, 0.25) is 0 Å². The highest BCUT2D eigenvalue weighted by atomic mass is 16.3. The predicted octanol–water partition coefficient (Wildman–Crippen LogP) is 1.27. The molecule has 0 amide bonds. The van der Waals surface area contributed by atoms with Gasteiger partial charge in [-0.05, 0) is 6.42 Å². The van der Waals surface area contributed by atoms with E-state index in [1.54, 1.807) is 0 Å². The minimum Gasteiger partial charge on any atom is -0.357 e. The summed E-state index contributed by atoms with van der Waals surface area (Å²) in [6.45, 7) is 5.21. The van der Waals surface area contributed by atoms with E-state index < -0.39 is 0 Å². The number of nitroso groups, excluding NO2 is 1. The molecule has 0 unspecified atom stereocenters. The lowest BCUT2D eigenvalue weighted by molar-refractivity contribution is 0.439. The quantitative estimate of drug-likeness (QED) is 0.582. The summed E-state index contributed by atoms with van der Waals surface area (Å²) in [4.78, 5) is 16.4. The molecule has 0 aromatic carbocycles. The van der Waals surface area contributed by atoms with Gasteiger partial charge in [-0.3, -0.25) is 4.99 Å². The molecule has 0 aromatic heterocycles. The molecule has 1 aliphatic heterocycles. The molecular formula is C8H15N3O. The fourth-order valence-corrected chi connectivity index (χ4v) is 1.33. The molecule has 0 N–H and O–H groups in total. The second-order valence-electron chi connectivity index (χ2n) is 2.93. The van der Waals surface area contributed by atoms with Crippen LogP contribution in [0.3, 0.4) is 0 Å². The molecule has 1 heterocycles. The maximum Gasteiger partial charge on any atom is 0.138 e. The lowest BCUT2D eigenvalue weighted by Gasteiger charge is -2.17. The first-order valence-corrected chi connectivity index (χ1v) is 4.46. The van der Waals surface area contributed by atoms with Crippen LogP contribution >= 0.6 is 0 Å². The van der Waals surface area contributed by atoms with Crippen LogP contribution in [0.15, 0.2) is 10.2 Å². The second kappa shape index (κ2) is 4.85. The molecule has 1 rings (SSSR count). The van der Waals surface area contributed by atoms with Crippen molar-refractivity contribution in [1.82, 2.24) is 4.90 Å². The molecule has 0 saturated carbocycles. The van der Waals surface area contributed by atoms with Crippen LogP contribution in [0.25, 0.3) is 0 Å². The van der Waals surface area contributed by atoms with Gasteiger partial charge in [-0.25, -0.2) is 0 Å². The summed E-state index contributed by atoms with van der Waals surface area (Å²) in [5.74, 6) is 0.874. The van der Waals surface area contributed by atoms with Crippen molar-refractivity contribution >= 4 is 5.84 Å². The number of unbranched alkanes of at least 4 members (excludes halogenated alkanes) is 1. The molecule has 0 radical (unpaired) electrons. The molecule has 4 nitrogen and oxygen atoms in total. The third-order valence-electron chi connectivity index (χ3n) is 2.02. The highest BCUT2D eigenvalue weighted by Crippen LogP contribution is 2.04. The van der Waals surface area contributed by atoms with E-state index in [4.69, 9.17) is 0 Å². The van der Waals surface area contributed by atoms with Gasteiger partial charge in [-0.2, -0.15) is 4.91 Å². The van der Waals surface area contributed by atoms with Gasteiger partial charge in [0.1, 0.15) is 12.4 Å². The zero-order valence-corrected chi connectivity index (χ0v) is 7.49. The Morgan fingerprint density at radius 3 is 3.17 bits per heavy atom. The fourth-order valence-electron chi connectivity index (χ4n) is 1.33. The first-order valence-electron chi connectivity index (χ1n) is 4.46. The topological polar surface area (TPSA) is 45.0 Å². The van der Waals surface area contributed by atoms with Gasteiger partial charge < -0.3 is 4.90 Å². The highest BCUT2D eigenvalue weighted by Gasteiger charge is 2.15. The van der Waals surface area contributed by atoms with Crippen LogP contribution in [0, 0.1) is 4.91 Å². The molecule has 0 bridgehead atoms. The van der Waals surface area contributed by atoms with Crippen LogP contribution in [-0.2, 0) is 0 Å². The maximum atomic E-state index is 10.0. The zero-order valence-electron chi connectivity index (χ0n) is 7.49. The predicted molar refractivity (Wildman–Crippen MR) is 49.4 cm³/mol. The minimum absolute atomic E-state index is 0.240. The largest absolute Gasteiger partial charge is 0.357 e. The van der Waals surface area contributed by atoms with Gasteiger partial charge in [0.05, 0.1) is 6.54 Å². The Morgan fingerprint density at radius 1 is 1.67 bits per heavy atom. The Bertz CT molecular complexity index is 179. The summed E-state index contributed by atoms with van der Waals surface area (Å²) in [6.07, 6.45) is 2.34. The van der Waals surface area contributed by atoms with E-state index in [0.717, 1.165) is 31.9 Å². The lowest BCUT2D eigenvalue weighted by Crippen LogP contribution is -2.30. The Labute approximate surface area is 72.6 Å². The van der Waals surface area contributed by atoms with Gasteiger partial charge in [0.15, 0.2) is 0 Å². The van der Waals surface area contributed by atoms with Crippen molar-refractivity contribution in [1.29, 1.82) is 0 Å². The number of hydrogen-bond donors (Lipinski definition) is 0. The molecule has 0 aliphatic carbocycles. The average molecular weight is 169 g/mol. The van der Waals surface area contributed by atoms with Crippen LogP contribution in [0.1, 0.15) is 19.8 Å². The van der Waals surface area contributed by atoms with Gasteiger partial charge in [-0.15, -0.1) is 0 Å². The van der Waals surface area contributed by atoms with Crippen molar-refractivity contribution in [2.75, 3.05) is 26.2 Å². The summed E-state index contributed by atoms with van der Waals surface area (Å²) in [6, 6.07) is 0. The van der Waals surface area contributed by atoms with Gasteiger partial charge in [-0.1, -0.05) is 18.5 Å². The van der Waals surface area contributed by atoms with Crippen molar-refractivity contribution in [2.45, 2.75) is 19.8 Å². The van der Waals surface area contributed by atoms with Gasteiger partial charge >= 0.3 is 0 Å². The van der Waals surface area contributed by atoms with E-state index in [9.17, 15) is 4.91 Å². The summed E-state index contributed by atoms with van der Waals surface area (Å²) in [7, 11) is 0. The van der Waals surface area contributed by atoms with Crippen molar-refractivity contribution in [2.24, 2.45) is 10.2 Å². The van der Waals surface area contributed by atoms with Crippen LogP contribution in [0.2, 0.25) is 0 Å². The number of hydrogen-bond acceptors (Lipinski definition) is 4. The fraction of sp³-hybridized carbons (Fsp3) is 0.875. The SMILES string of the molecule is CCCCN1CCN=C1CN=O. The summed E-state index contributed by atoms with van der Waals surface area (Å²) < 4.78 is 0. The maximum absolute atomic E-state index is 10.0. The van der Waals surface area contributed by atoms with Crippen molar-refractivity contribution in [3.05, 3.63) is 4.91 Å². The number of aliphatic imine (C=N–C) groups is 1. The Morgan fingerprint density at radius 2 is 2.50 bits per heavy atom. The monoisotopic (exact) mass is 169 g/mol. The van der Waals surface area contributed by atoms with Crippen molar-refractivity contribution in [3.63, 3.8) is 0 Å². The summed E-state index contributed by atoms with van der Waals surface area (Å²) >= 11 is 0. The van der Waals surface area contributed by atoms with Crippen LogP contribution in [-0.4, -0.2) is 36.9 Å². The summed E-state index contributed by atoms with van der Waals surface area (Å²) in [5.41, 5.74) is 0. The van der Waals surface area contributed by atoms with Crippen molar-refractivity contribution in [3.8, 4) is 0 Å². The van der Waals surface area contributed by atoms with Crippen LogP contribution in [0.5, 0.6) is 0 Å². The first kappa shape index (κ1) is 9.16.